The highest BCUT2D eigenvalue weighted by molar-refractivity contribution is 7.47. The Balaban J connectivity index is 3.86. The fraction of sp³-hybridized carbons (Fsp3) is 0.921. The van der Waals surface area contributed by atoms with Gasteiger partial charge in [0, 0.05) is 12.8 Å². The van der Waals surface area contributed by atoms with Gasteiger partial charge in [0.15, 0.2) is 6.10 Å². The summed E-state index contributed by atoms with van der Waals surface area (Å²) in [5.41, 5.74) is 0. The van der Waals surface area contributed by atoms with E-state index in [1.165, 1.54) is 334 Å². The summed E-state index contributed by atoms with van der Waals surface area (Å²) in [7, 11) is 1.50. The molecule has 0 aromatic carbocycles. The first kappa shape index (κ1) is 84.5. The van der Waals surface area contributed by atoms with Crippen LogP contribution in [0.5, 0.6) is 0 Å². The molecule has 510 valence electrons. The number of hydrogen-bond acceptors (Lipinski definition) is 7. The Kier molecular flexibility index (Phi) is 66.7. The number of phosphoric acid groups is 1. The molecule has 86 heavy (non-hydrogen) atoms. The summed E-state index contributed by atoms with van der Waals surface area (Å²) in [5.74, 6) is -0.777. The molecule has 0 rings (SSSR count). The van der Waals surface area contributed by atoms with E-state index in [-0.39, 0.29) is 25.6 Å². The van der Waals surface area contributed by atoms with E-state index in [0.717, 1.165) is 32.1 Å². The molecule has 0 aliphatic rings. The number of esters is 2. The second-order valence-corrected chi connectivity index (χ2v) is 28.8. The van der Waals surface area contributed by atoms with Gasteiger partial charge in [-0.1, -0.05) is 346 Å². The first-order valence-corrected chi connectivity index (χ1v) is 39.6. The second kappa shape index (κ2) is 67.9. The Morgan fingerprint density at radius 3 is 0.860 bits per heavy atom. The van der Waals surface area contributed by atoms with Crippen LogP contribution in [0, 0.1) is 0 Å². The van der Waals surface area contributed by atoms with Crippen LogP contribution < -0.4 is 0 Å². The van der Waals surface area contributed by atoms with E-state index in [4.69, 9.17) is 18.5 Å². The number of ether oxygens (including phenoxy) is 2. The van der Waals surface area contributed by atoms with Crippen LogP contribution in [0.4, 0.5) is 0 Å². The Morgan fingerprint density at radius 2 is 0.593 bits per heavy atom. The minimum Gasteiger partial charge on any atom is -0.462 e. The largest absolute Gasteiger partial charge is 0.472 e. The van der Waals surface area contributed by atoms with Gasteiger partial charge in [0.25, 0.3) is 0 Å². The van der Waals surface area contributed by atoms with Gasteiger partial charge < -0.3 is 18.9 Å². The highest BCUT2D eigenvalue weighted by Crippen LogP contribution is 2.43. The van der Waals surface area contributed by atoms with E-state index < -0.39 is 26.5 Å². The van der Waals surface area contributed by atoms with Crippen molar-refractivity contribution in [2.75, 3.05) is 47.5 Å². The van der Waals surface area contributed by atoms with Crippen molar-refractivity contribution in [1.82, 2.24) is 0 Å². The van der Waals surface area contributed by atoms with E-state index in [1.807, 2.05) is 21.1 Å². The summed E-state index contributed by atoms with van der Waals surface area (Å²) in [4.78, 5) is 35.9. The fourth-order valence-corrected chi connectivity index (χ4v) is 12.3. The predicted octanol–water partition coefficient (Wildman–Crippen LogP) is 24.8. The normalized spacial score (nSPS) is 13.1. The highest BCUT2D eigenvalue weighted by Gasteiger charge is 2.27. The van der Waals surface area contributed by atoms with Gasteiger partial charge in [-0.2, -0.15) is 0 Å². The first-order chi connectivity index (χ1) is 42.0. The van der Waals surface area contributed by atoms with Crippen molar-refractivity contribution in [3.05, 3.63) is 24.3 Å². The Morgan fingerprint density at radius 1 is 0.349 bits per heavy atom. The van der Waals surface area contributed by atoms with Gasteiger partial charge in [-0.25, -0.2) is 4.57 Å². The number of phosphoric ester groups is 1. The maximum atomic E-state index is 12.9. The van der Waals surface area contributed by atoms with Gasteiger partial charge in [-0.05, 0) is 64.2 Å². The van der Waals surface area contributed by atoms with Gasteiger partial charge in [0.2, 0.25) is 0 Å². The zero-order chi connectivity index (χ0) is 62.6. The topological polar surface area (TPSA) is 108 Å². The number of likely N-dealkylation sites (N-methyl/N-ethyl adjacent to an activating group) is 1. The fourth-order valence-electron chi connectivity index (χ4n) is 11.6. The minimum atomic E-state index is -4.39. The van der Waals surface area contributed by atoms with Gasteiger partial charge >= 0.3 is 19.8 Å². The van der Waals surface area contributed by atoms with E-state index in [0.29, 0.717) is 23.9 Å². The van der Waals surface area contributed by atoms with Crippen molar-refractivity contribution in [3.8, 4) is 0 Å². The van der Waals surface area contributed by atoms with E-state index in [9.17, 15) is 19.0 Å². The smallest absolute Gasteiger partial charge is 0.462 e. The number of unbranched alkanes of at least 4 members (excludes halogenated alkanes) is 54. The molecule has 0 heterocycles. The summed E-state index contributed by atoms with van der Waals surface area (Å²) in [6, 6.07) is 0. The molecule has 0 aromatic rings. The molecular weight excluding hydrogens is 1090 g/mol. The number of nitrogens with zero attached hydrogens (tertiary/aromatic N) is 1. The van der Waals surface area contributed by atoms with Crippen molar-refractivity contribution in [2.45, 2.75) is 405 Å². The highest BCUT2D eigenvalue weighted by atomic mass is 31.2. The number of hydrogen-bond donors (Lipinski definition) is 1. The van der Waals surface area contributed by atoms with Crippen LogP contribution in [0.2, 0.25) is 0 Å². The molecule has 0 saturated carbocycles. The summed E-state index contributed by atoms with van der Waals surface area (Å²) in [6.45, 7) is 4.50. The third kappa shape index (κ3) is 71.6. The number of allylic oxidation sites excluding steroid dienone is 4. The average molecular weight is 1240 g/mol. The summed E-state index contributed by atoms with van der Waals surface area (Å²) >= 11 is 0. The van der Waals surface area contributed by atoms with Crippen LogP contribution in [0.3, 0.4) is 0 Å². The molecule has 0 saturated heterocycles. The third-order valence-corrected chi connectivity index (χ3v) is 18.4. The molecule has 2 unspecified atom stereocenters. The van der Waals surface area contributed by atoms with Crippen molar-refractivity contribution < 1.29 is 42.1 Å². The molecule has 0 amide bonds. The zero-order valence-electron chi connectivity index (χ0n) is 58.3. The molecule has 0 aromatic heterocycles. The second-order valence-electron chi connectivity index (χ2n) is 27.4. The molecule has 10 heteroatoms. The van der Waals surface area contributed by atoms with Gasteiger partial charge in [0.1, 0.15) is 19.8 Å². The molecule has 0 radical (unpaired) electrons. The standard InChI is InChI=1S/C76H148NO8P/c1-6-8-10-12-14-16-18-20-22-24-26-28-29-30-31-32-33-34-35-36-37-38-39-40-41-42-43-44-45-46-47-49-51-53-55-57-59-61-63-65-67-69-76(79)85-74(73-84-86(80,81)83-71-70-77(3,4)5)72-82-75(78)68-66-64-62-60-58-56-54-52-50-48-27-25-23-21-19-17-15-13-11-9-7-2/h24-27,74H,6-23,28-73H2,1-5H3/p+1/b26-24-,27-25-. The van der Waals surface area contributed by atoms with Crippen LogP contribution in [-0.2, 0) is 32.7 Å². The van der Waals surface area contributed by atoms with Crippen molar-refractivity contribution in [2.24, 2.45) is 0 Å². The van der Waals surface area contributed by atoms with Gasteiger partial charge in [0.05, 0.1) is 27.7 Å². The average Bonchev–Trinajstić information content (AvgIpc) is 3.70. The van der Waals surface area contributed by atoms with Crippen molar-refractivity contribution >= 4 is 19.8 Å². The lowest BCUT2D eigenvalue weighted by molar-refractivity contribution is -0.870. The maximum Gasteiger partial charge on any atom is 0.472 e. The molecule has 0 aliphatic carbocycles. The van der Waals surface area contributed by atoms with E-state index in [2.05, 4.69) is 38.2 Å². The molecule has 0 fully saturated rings. The number of carbonyl (C=O) groups excluding carboxylic acids is 2. The van der Waals surface area contributed by atoms with Crippen LogP contribution in [0.15, 0.2) is 24.3 Å². The predicted molar refractivity (Wildman–Crippen MR) is 372 cm³/mol. The van der Waals surface area contributed by atoms with E-state index >= 15 is 0 Å². The molecular formula is C76H149NO8P+. The number of quaternary nitrogens is 1. The third-order valence-electron chi connectivity index (χ3n) is 17.5. The van der Waals surface area contributed by atoms with Crippen LogP contribution in [-0.4, -0.2) is 74.9 Å². The molecule has 0 aliphatic heterocycles. The monoisotopic (exact) mass is 1240 g/mol. The van der Waals surface area contributed by atoms with Crippen LogP contribution in [0.25, 0.3) is 0 Å². The van der Waals surface area contributed by atoms with E-state index in [1.54, 1.807) is 0 Å². The van der Waals surface area contributed by atoms with Crippen molar-refractivity contribution in [3.63, 3.8) is 0 Å². The molecule has 0 spiro atoms. The van der Waals surface area contributed by atoms with Gasteiger partial charge in [-0.15, -0.1) is 0 Å². The molecule has 0 bridgehead atoms. The lowest BCUT2D eigenvalue weighted by Gasteiger charge is -2.24. The zero-order valence-corrected chi connectivity index (χ0v) is 59.2. The number of carbonyl (C=O) groups is 2. The summed E-state index contributed by atoms with van der Waals surface area (Å²) in [5, 5.41) is 0. The number of rotatable bonds is 72. The first-order valence-electron chi connectivity index (χ1n) is 38.1. The Hall–Kier alpha value is -1.51. The minimum absolute atomic E-state index is 0.0350. The molecule has 2 atom stereocenters. The summed E-state index contributed by atoms with van der Waals surface area (Å²) in [6.07, 6.45) is 86.1. The molecule has 9 nitrogen and oxygen atoms in total. The molecule has 1 N–H and O–H groups in total. The lowest BCUT2D eigenvalue weighted by atomic mass is 10.0. The van der Waals surface area contributed by atoms with Gasteiger partial charge in [-0.3, -0.25) is 18.6 Å². The maximum absolute atomic E-state index is 12.9. The Bertz CT molecular complexity index is 1500. The summed E-state index contributed by atoms with van der Waals surface area (Å²) < 4.78 is 34.8. The lowest BCUT2D eigenvalue weighted by Crippen LogP contribution is -2.37. The van der Waals surface area contributed by atoms with Crippen LogP contribution >= 0.6 is 7.82 Å². The van der Waals surface area contributed by atoms with Crippen LogP contribution in [0.1, 0.15) is 399 Å². The van der Waals surface area contributed by atoms with Crippen molar-refractivity contribution in [1.29, 1.82) is 0 Å². The SMILES string of the molecule is CCCCCCCCCC/C=C\CCCCCCCCCCCCCCCCCCCCCCCCCCCCCCCC(=O)OC(COC(=O)CCCCCCCCCCC/C=C\CCCCCCCCCC)COP(=O)(O)OCC[N+](C)(C)C. The Labute approximate surface area is 536 Å². The quantitative estimate of drug-likeness (QED) is 0.0211.